The fourth-order valence-electron chi connectivity index (χ4n) is 6.44. The zero-order valence-corrected chi connectivity index (χ0v) is 16.9. The lowest BCUT2D eigenvalue weighted by Gasteiger charge is -2.50. The van der Waals surface area contributed by atoms with Crippen molar-refractivity contribution in [1.82, 2.24) is 0 Å². The van der Waals surface area contributed by atoms with Crippen molar-refractivity contribution in [3.05, 3.63) is 65.2 Å². The van der Waals surface area contributed by atoms with Gasteiger partial charge in [-0.1, -0.05) is 43.3 Å². The average molecular weight is 395 g/mol. The molecule has 4 unspecified atom stereocenters. The fraction of sp³-hybridized carbons (Fsp3) is 0.520. The molecule has 0 saturated heterocycles. The van der Waals surface area contributed by atoms with Crippen LogP contribution in [0.4, 0.5) is 0 Å². The van der Waals surface area contributed by atoms with E-state index in [1.54, 1.807) is 0 Å². The molecule has 0 amide bonds. The summed E-state index contributed by atoms with van der Waals surface area (Å²) in [5.41, 5.74) is 3.47. The molecule has 0 radical (unpaired) electrons. The first-order valence-corrected chi connectivity index (χ1v) is 10.8. The van der Waals surface area contributed by atoms with Crippen molar-refractivity contribution in [1.29, 1.82) is 0 Å². The first-order valence-electron chi connectivity index (χ1n) is 10.8. The Kier molecular flexibility index (Phi) is 4.69. The predicted molar refractivity (Wildman–Crippen MR) is 111 cm³/mol. The van der Waals surface area contributed by atoms with E-state index < -0.39 is 23.7 Å². The van der Waals surface area contributed by atoms with Gasteiger partial charge in [-0.05, 0) is 72.3 Å². The summed E-state index contributed by atoms with van der Waals surface area (Å²) in [6, 6.07) is 16.6. The van der Waals surface area contributed by atoms with E-state index in [1.165, 1.54) is 11.1 Å². The monoisotopic (exact) mass is 394 g/mol. The highest BCUT2D eigenvalue weighted by Gasteiger charge is 2.62. The number of aliphatic hydroxyl groups is 3. The van der Waals surface area contributed by atoms with Crippen LogP contribution in [0, 0.1) is 17.3 Å². The second kappa shape index (κ2) is 7.12. The van der Waals surface area contributed by atoms with Crippen molar-refractivity contribution in [2.75, 3.05) is 0 Å². The summed E-state index contributed by atoms with van der Waals surface area (Å²) >= 11 is 0. The summed E-state index contributed by atoms with van der Waals surface area (Å²) in [5, 5.41) is 31.6. The van der Waals surface area contributed by atoms with Crippen molar-refractivity contribution < 1.29 is 20.1 Å². The summed E-state index contributed by atoms with van der Waals surface area (Å²) in [7, 11) is 0. The minimum atomic E-state index is -1.03. The highest BCUT2D eigenvalue weighted by atomic mass is 16.5. The molecule has 2 saturated carbocycles. The first-order chi connectivity index (χ1) is 14.0. The molecule has 3 N–H and O–H groups in total. The first kappa shape index (κ1) is 19.1. The Morgan fingerprint density at radius 3 is 2.59 bits per heavy atom. The molecule has 0 aromatic heterocycles. The Morgan fingerprint density at radius 1 is 1.00 bits per heavy atom. The van der Waals surface area contributed by atoms with E-state index in [0.29, 0.717) is 18.4 Å². The van der Waals surface area contributed by atoms with Gasteiger partial charge in [-0.3, -0.25) is 0 Å². The van der Waals surface area contributed by atoms with Crippen LogP contribution in [-0.4, -0.2) is 33.6 Å². The molecule has 2 aromatic carbocycles. The number of benzene rings is 2. The molecule has 0 aliphatic heterocycles. The average Bonchev–Trinajstić information content (AvgIpc) is 2.93. The van der Waals surface area contributed by atoms with Gasteiger partial charge in [0.05, 0.1) is 12.2 Å². The van der Waals surface area contributed by atoms with E-state index in [-0.39, 0.29) is 5.92 Å². The van der Waals surface area contributed by atoms with Gasteiger partial charge < -0.3 is 20.1 Å². The fourth-order valence-corrected chi connectivity index (χ4v) is 6.44. The van der Waals surface area contributed by atoms with Crippen LogP contribution in [0.3, 0.4) is 0 Å². The molecular formula is C25H30O4. The number of rotatable bonds is 3. The van der Waals surface area contributed by atoms with Crippen molar-refractivity contribution >= 4 is 0 Å². The molecule has 3 aliphatic rings. The van der Waals surface area contributed by atoms with Gasteiger partial charge in [0.15, 0.2) is 0 Å². The van der Waals surface area contributed by atoms with Crippen LogP contribution in [0.1, 0.15) is 48.8 Å². The minimum Gasteiger partial charge on any atom is -0.489 e. The molecular weight excluding hydrogens is 364 g/mol. The Hall–Kier alpha value is -1.88. The van der Waals surface area contributed by atoms with Gasteiger partial charge in [-0.15, -0.1) is 0 Å². The van der Waals surface area contributed by atoms with E-state index >= 15 is 0 Å². The van der Waals surface area contributed by atoms with Gasteiger partial charge >= 0.3 is 0 Å². The molecule has 2 fully saturated rings. The minimum absolute atomic E-state index is 0.0478. The third kappa shape index (κ3) is 3.00. The topological polar surface area (TPSA) is 69.9 Å². The van der Waals surface area contributed by atoms with Crippen LogP contribution in [0.25, 0.3) is 0 Å². The summed E-state index contributed by atoms with van der Waals surface area (Å²) in [6.45, 7) is 2.61. The standard InChI is InChI=1S/C25H30O4/c1-25-12-11-19-18-10-8-17(29-14-15-5-3-2-4-6-15)13-16(18)7-9-20(19)21(25)22(26)23(27)24(25)28/h2-6,8,10,13,19-24,26-28H,7,9,11-12,14H2,1H3/t19?,20?,21-,22?,23?,24+,25+/m1/s1. The molecule has 0 spiro atoms. The van der Waals surface area contributed by atoms with E-state index in [2.05, 4.69) is 30.3 Å². The number of aryl methyl sites for hydroxylation is 1. The normalized spacial score (nSPS) is 38.1. The smallest absolute Gasteiger partial charge is 0.120 e. The van der Waals surface area contributed by atoms with Gasteiger partial charge in [0.1, 0.15) is 18.5 Å². The van der Waals surface area contributed by atoms with Crippen molar-refractivity contribution in [2.24, 2.45) is 17.3 Å². The van der Waals surface area contributed by atoms with Gasteiger partial charge in [-0.25, -0.2) is 0 Å². The second-order valence-corrected chi connectivity index (χ2v) is 9.44. The highest BCUT2D eigenvalue weighted by Crippen LogP contribution is 2.61. The number of ether oxygens (including phenoxy) is 1. The molecule has 29 heavy (non-hydrogen) atoms. The van der Waals surface area contributed by atoms with Crippen LogP contribution in [0.2, 0.25) is 0 Å². The van der Waals surface area contributed by atoms with Gasteiger partial charge in [0, 0.05) is 5.41 Å². The molecule has 4 nitrogen and oxygen atoms in total. The highest BCUT2D eigenvalue weighted by molar-refractivity contribution is 5.41. The van der Waals surface area contributed by atoms with Gasteiger partial charge in [0.2, 0.25) is 0 Å². The Bertz CT molecular complexity index is 882. The van der Waals surface area contributed by atoms with E-state index in [1.807, 2.05) is 25.1 Å². The molecule has 3 aliphatic carbocycles. The Balaban J connectivity index is 1.37. The van der Waals surface area contributed by atoms with Crippen LogP contribution >= 0.6 is 0 Å². The van der Waals surface area contributed by atoms with E-state index in [9.17, 15) is 15.3 Å². The van der Waals surface area contributed by atoms with Gasteiger partial charge in [-0.2, -0.15) is 0 Å². The molecule has 4 heteroatoms. The Labute approximate surface area is 172 Å². The molecule has 2 aromatic rings. The summed E-state index contributed by atoms with van der Waals surface area (Å²) < 4.78 is 6.02. The summed E-state index contributed by atoms with van der Waals surface area (Å²) in [6.07, 6.45) is 1.06. The number of fused-ring (bicyclic) bond motifs is 5. The molecule has 154 valence electrons. The number of hydrogen-bond acceptors (Lipinski definition) is 4. The van der Waals surface area contributed by atoms with Crippen LogP contribution < -0.4 is 4.74 Å². The van der Waals surface area contributed by atoms with Crippen LogP contribution in [0.15, 0.2) is 48.5 Å². The lowest BCUT2D eigenvalue weighted by molar-refractivity contribution is -0.0505. The lowest BCUT2D eigenvalue weighted by Crippen LogP contribution is -2.46. The van der Waals surface area contributed by atoms with Crippen molar-refractivity contribution in [2.45, 2.75) is 63.4 Å². The maximum atomic E-state index is 10.7. The third-order valence-electron chi connectivity index (χ3n) is 7.96. The maximum Gasteiger partial charge on any atom is 0.120 e. The molecule has 7 atom stereocenters. The maximum absolute atomic E-state index is 10.7. The predicted octanol–water partition coefficient (Wildman–Crippen LogP) is 3.42. The lowest BCUT2D eigenvalue weighted by atomic mass is 9.55. The van der Waals surface area contributed by atoms with Gasteiger partial charge in [0.25, 0.3) is 0 Å². The molecule has 5 rings (SSSR count). The summed E-state index contributed by atoms with van der Waals surface area (Å²) in [5.74, 6) is 1.54. The zero-order valence-electron chi connectivity index (χ0n) is 16.9. The molecule has 0 heterocycles. The third-order valence-corrected chi connectivity index (χ3v) is 7.96. The van der Waals surface area contributed by atoms with Crippen LogP contribution in [0.5, 0.6) is 5.75 Å². The SMILES string of the molecule is C[C@]12CCC3c4ccc(OCc5ccccc5)cc4CCC3[C@@H]1C(O)C(O)[C@@H]2O. The van der Waals surface area contributed by atoms with E-state index in [0.717, 1.165) is 37.0 Å². The number of aliphatic hydroxyl groups excluding tert-OH is 3. The largest absolute Gasteiger partial charge is 0.489 e. The Morgan fingerprint density at radius 2 is 1.79 bits per heavy atom. The molecule has 0 bridgehead atoms. The zero-order chi connectivity index (χ0) is 20.2. The van der Waals surface area contributed by atoms with E-state index in [4.69, 9.17) is 4.74 Å². The van der Waals surface area contributed by atoms with Crippen molar-refractivity contribution in [3.8, 4) is 5.75 Å². The quantitative estimate of drug-likeness (QED) is 0.746. The summed E-state index contributed by atoms with van der Waals surface area (Å²) in [4.78, 5) is 0. The second-order valence-electron chi connectivity index (χ2n) is 9.44. The number of hydrogen-bond donors (Lipinski definition) is 3. The van der Waals surface area contributed by atoms with Crippen molar-refractivity contribution in [3.63, 3.8) is 0 Å². The van der Waals surface area contributed by atoms with Crippen LogP contribution in [-0.2, 0) is 13.0 Å².